The van der Waals surface area contributed by atoms with Crippen molar-refractivity contribution in [2.45, 2.75) is 19.5 Å². The number of aromatic amines is 1. The second-order valence-corrected chi connectivity index (χ2v) is 6.52. The van der Waals surface area contributed by atoms with Crippen LogP contribution in [-0.4, -0.2) is 26.3 Å². The average molecular weight is 329 g/mol. The zero-order chi connectivity index (χ0) is 16.8. The van der Waals surface area contributed by atoms with E-state index in [1.807, 2.05) is 18.6 Å². The maximum Gasteiger partial charge on any atom is 0.101 e. The quantitative estimate of drug-likeness (QED) is 0.589. The minimum absolute atomic E-state index is 0.271. The first-order valence-electron chi connectivity index (χ1n) is 8.63. The van der Waals surface area contributed by atoms with E-state index in [1.54, 1.807) is 0 Å². The van der Waals surface area contributed by atoms with Gasteiger partial charge in [-0.15, -0.1) is 0 Å². The molecule has 0 saturated carbocycles. The fourth-order valence-corrected chi connectivity index (χ4v) is 3.77. The molecule has 0 aliphatic carbocycles. The molecule has 25 heavy (non-hydrogen) atoms. The molecule has 5 nitrogen and oxygen atoms in total. The van der Waals surface area contributed by atoms with Crippen molar-refractivity contribution in [3.63, 3.8) is 0 Å². The number of hydrogen-bond donors (Lipinski definition) is 2. The Kier molecular flexibility index (Phi) is 3.21. The zero-order valence-corrected chi connectivity index (χ0v) is 14.0. The number of hydrogen-bond acceptors (Lipinski definition) is 3. The molecule has 4 heterocycles. The maximum absolute atomic E-state index is 4.98. The molecular formula is C20H19N5. The van der Waals surface area contributed by atoms with Gasteiger partial charge in [0.05, 0.1) is 12.2 Å². The van der Waals surface area contributed by atoms with Crippen molar-refractivity contribution >= 4 is 10.9 Å². The molecule has 2 N–H and O–H groups in total. The first kappa shape index (κ1) is 14.4. The fraction of sp³-hybridized carbons (Fsp3) is 0.200. The molecule has 1 atom stereocenters. The smallest absolute Gasteiger partial charge is 0.101 e. The van der Waals surface area contributed by atoms with Gasteiger partial charge in [0, 0.05) is 47.8 Å². The number of nitrogens with zero attached hydrogens (tertiary/aromatic N) is 3. The fourth-order valence-electron chi connectivity index (χ4n) is 3.77. The number of benzene rings is 1. The molecule has 0 amide bonds. The first-order valence-corrected chi connectivity index (χ1v) is 8.63. The lowest BCUT2D eigenvalue weighted by Crippen LogP contribution is -2.32. The van der Waals surface area contributed by atoms with Crippen LogP contribution >= 0.6 is 0 Å². The summed E-state index contributed by atoms with van der Waals surface area (Å²) >= 11 is 0. The Balaban J connectivity index is 1.78. The van der Waals surface area contributed by atoms with Crippen molar-refractivity contribution in [3.05, 3.63) is 60.7 Å². The molecule has 1 aliphatic rings. The summed E-state index contributed by atoms with van der Waals surface area (Å²) in [5, 5.41) is 9.75. The van der Waals surface area contributed by atoms with Crippen molar-refractivity contribution in [2.75, 3.05) is 6.54 Å². The maximum atomic E-state index is 4.98. The van der Waals surface area contributed by atoms with E-state index in [1.165, 1.54) is 16.6 Å². The molecule has 1 aromatic carbocycles. The molecule has 0 fully saturated rings. The summed E-state index contributed by atoms with van der Waals surface area (Å²) in [4.78, 5) is 7.48. The number of aromatic nitrogens is 4. The van der Waals surface area contributed by atoms with Crippen LogP contribution in [-0.2, 0) is 6.54 Å². The van der Waals surface area contributed by atoms with E-state index in [9.17, 15) is 0 Å². The Hall–Kier alpha value is -2.92. The molecule has 1 aliphatic heterocycles. The van der Waals surface area contributed by atoms with Gasteiger partial charge in [-0.05, 0) is 42.1 Å². The minimum Gasteiger partial charge on any atom is -0.361 e. The van der Waals surface area contributed by atoms with E-state index < -0.39 is 0 Å². The van der Waals surface area contributed by atoms with Crippen LogP contribution in [0.4, 0.5) is 0 Å². The van der Waals surface area contributed by atoms with E-state index in [4.69, 9.17) is 5.10 Å². The third-order valence-corrected chi connectivity index (χ3v) is 4.97. The highest BCUT2D eigenvalue weighted by molar-refractivity contribution is 5.89. The van der Waals surface area contributed by atoms with Crippen LogP contribution in [0.2, 0.25) is 0 Å². The van der Waals surface area contributed by atoms with Gasteiger partial charge in [-0.3, -0.25) is 9.67 Å². The second-order valence-electron chi connectivity index (χ2n) is 6.52. The SMILES string of the molecule is CC1NCCn2nc(-c3ccc4cc[nH]c4c3)c(-c3ccncc3)c21. The third-order valence-electron chi connectivity index (χ3n) is 4.97. The Morgan fingerprint density at radius 2 is 1.96 bits per heavy atom. The highest BCUT2D eigenvalue weighted by atomic mass is 15.3. The summed E-state index contributed by atoms with van der Waals surface area (Å²) in [6, 6.07) is 13.0. The standard InChI is InChI=1S/C20H19N5/c1-13-20-18(15-4-7-21-8-5-15)19(24-25(20)11-10-22-13)16-3-2-14-6-9-23-17(14)12-16/h2-9,12-13,22-23H,10-11H2,1H3. The lowest BCUT2D eigenvalue weighted by molar-refractivity contribution is 0.421. The Morgan fingerprint density at radius 1 is 1.08 bits per heavy atom. The van der Waals surface area contributed by atoms with Gasteiger partial charge in [0.15, 0.2) is 0 Å². The van der Waals surface area contributed by atoms with Crippen molar-refractivity contribution in [1.29, 1.82) is 0 Å². The van der Waals surface area contributed by atoms with Gasteiger partial charge in [-0.2, -0.15) is 5.10 Å². The molecule has 0 spiro atoms. The predicted octanol–water partition coefficient (Wildman–Crippen LogP) is 3.76. The zero-order valence-electron chi connectivity index (χ0n) is 14.0. The van der Waals surface area contributed by atoms with Crippen LogP contribution in [0, 0.1) is 0 Å². The molecule has 0 radical (unpaired) electrons. The van der Waals surface area contributed by atoms with Gasteiger partial charge in [-0.1, -0.05) is 12.1 Å². The number of fused-ring (bicyclic) bond motifs is 2. The van der Waals surface area contributed by atoms with Crippen molar-refractivity contribution in [3.8, 4) is 22.4 Å². The topological polar surface area (TPSA) is 58.5 Å². The lowest BCUT2D eigenvalue weighted by atomic mass is 9.96. The summed E-state index contributed by atoms with van der Waals surface area (Å²) < 4.78 is 2.16. The summed E-state index contributed by atoms with van der Waals surface area (Å²) in [6.45, 7) is 4.04. The second kappa shape index (κ2) is 5.57. The van der Waals surface area contributed by atoms with Crippen molar-refractivity contribution in [1.82, 2.24) is 25.1 Å². The Morgan fingerprint density at radius 3 is 2.84 bits per heavy atom. The van der Waals surface area contributed by atoms with E-state index in [-0.39, 0.29) is 6.04 Å². The number of H-pyrrole nitrogens is 1. The van der Waals surface area contributed by atoms with E-state index >= 15 is 0 Å². The van der Waals surface area contributed by atoms with Crippen LogP contribution < -0.4 is 5.32 Å². The monoisotopic (exact) mass is 329 g/mol. The third kappa shape index (κ3) is 2.27. The number of rotatable bonds is 2. The molecular weight excluding hydrogens is 310 g/mol. The normalized spacial score (nSPS) is 16.9. The largest absolute Gasteiger partial charge is 0.361 e. The van der Waals surface area contributed by atoms with Crippen LogP contribution in [0.1, 0.15) is 18.7 Å². The highest BCUT2D eigenvalue weighted by Gasteiger charge is 2.26. The van der Waals surface area contributed by atoms with Gasteiger partial charge in [0.25, 0.3) is 0 Å². The predicted molar refractivity (Wildman–Crippen MR) is 99.2 cm³/mol. The van der Waals surface area contributed by atoms with Gasteiger partial charge < -0.3 is 10.3 Å². The van der Waals surface area contributed by atoms with Gasteiger partial charge in [0.1, 0.15) is 5.69 Å². The van der Waals surface area contributed by atoms with Crippen LogP contribution in [0.15, 0.2) is 55.0 Å². The minimum atomic E-state index is 0.271. The summed E-state index contributed by atoms with van der Waals surface area (Å²) in [5.74, 6) is 0. The average Bonchev–Trinajstić information content (AvgIpc) is 3.26. The Labute approximate surface area is 145 Å². The van der Waals surface area contributed by atoms with Crippen molar-refractivity contribution in [2.24, 2.45) is 0 Å². The lowest BCUT2D eigenvalue weighted by Gasteiger charge is -2.23. The van der Waals surface area contributed by atoms with E-state index in [0.717, 1.165) is 35.4 Å². The van der Waals surface area contributed by atoms with Crippen LogP contribution in [0.5, 0.6) is 0 Å². The summed E-state index contributed by atoms with van der Waals surface area (Å²) in [6.07, 6.45) is 5.67. The molecule has 3 aromatic heterocycles. The van der Waals surface area contributed by atoms with E-state index in [2.05, 4.69) is 63.3 Å². The molecule has 5 heteroatoms. The van der Waals surface area contributed by atoms with Crippen LogP contribution in [0.3, 0.4) is 0 Å². The number of pyridine rings is 1. The Bertz CT molecular complexity index is 1040. The van der Waals surface area contributed by atoms with Gasteiger partial charge in [0.2, 0.25) is 0 Å². The molecule has 0 bridgehead atoms. The molecule has 1 unspecified atom stereocenters. The van der Waals surface area contributed by atoms with E-state index in [0.29, 0.717) is 0 Å². The van der Waals surface area contributed by atoms with Gasteiger partial charge >= 0.3 is 0 Å². The molecule has 5 rings (SSSR count). The van der Waals surface area contributed by atoms with Crippen molar-refractivity contribution < 1.29 is 0 Å². The molecule has 0 saturated heterocycles. The molecule has 124 valence electrons. The summed E-state index contributed by atoms with van der Waals surface area (Å²) in [7, 11) is 0. The van der Waals surface area contributed by atoms with Crippen LogP contribution in [0.25, 0.3) is 33.3 Å². The van der Waals surface area contributed by atoms with Gasteiger partial charge in [-0.25, -0.2) is 0 Å². The summed E-state index contributed by atoms with van der Waals surface area (Å²) in [5.41, 5.74) is 6.92. The highest BCUT2D eigenvalue weighted by Crippen LogP contribution is 2.38. The first-order chi connectivity index (χ1) is 12.3. The number of nitrogens with one attached hydrogen (secondary N) is 2. The molecule has 4 aromatic rings.